The second-order valence-electron chi connectivity index (χ2n) is 9.21. The van der Waals surface area contributed by atoms with Crippen LogP contribution in [0.15, 0.2) is 96.8 Å². The first-order chi connectivity index (χ1) is 19.4. The molecule has 2 atom stereocenters. The quantitative estimate of drug-likeness (QED) is 0.297. The van der Waals surface area contributed by atoms with E-state index in [0.29, 0.717) is 12.5 Å². The lowest BCUT2D eigenvalue weighted by atomic mass is 9.91. The molecule has 1 aliphatic rings. The molecule has 8 nitrogen and oxygen atoms in total. The molecule has 3 aromatic rings. The van der Waals surface area contributed by atoms with Gasteiger partial charge < -0.3 is 15.0 Å². The fourth-order valence-corrected chi connectivity index (χ4v) is 4.97. The molecular formula is C30H29Cl2N5O3. The van der Waals surface area contributed by atoms with Crippen LogP contribution in [0.25, 0.3) is 0 Å². The van der Waals surface area contributed by atoms with Gasteiger partial charge in [0, 0.05) is 36.4 Å². The molecule has 1 aromatic carbocycles. The van der Waals surface area contributed by atoms with Crippen LogP contribution in [0.3, 0.4) is 0 Å². The van der Waals surface area contributed by atoms with Gasteiger partial charge in [0.05, 0.1) is 29.3 Å². The Morgan fingerprint density at radius 3 is 2.42 bits per heavy atom. The highest BCUT2D eigenvalue weighted by atomic mass is 35.5. The third-order valence-electron chi connectivity index (χ3n) is 6.39. The van der Waals surface area contributed by atoms with Gasteiger partial charge in [0.15, 0.2) is 0 Å². The summed E-state index contributed by atoms with van der Waals surface area (Å²) >= 11 is 12.3. The summed E-state index contributed by atoms with van der Waals surface area (Å²) in [5.74, 6) is -0.312. The molecule has 0 radical (unpaired) electrons. The third kappa shape index (κ3) is 7.34. The van der Waals surface area contributed by atoms with Crippen LogP contribution in [-0.4, -0.2) is 40.0 Å². The van der Waals surface area contributed by atoms with Crippen LogP contribution in [0.1, 0.15) is 35.7 Å². The van der Waals surface area contributed by atoms with Gasteiger partial charge in [-0.25, -0.2) is 14.8 Å². The minimum Gasteiger partial charge on any atom is -0.467 e. The first-order valence-corrected chi connectivity index (χ1v) is 13.5. The minimum absolute atomic E-state index is 0.115. The molecule has 2 unspecified atom stereocenters. The number of hydrogen-bond acceptors (Lipinski definition) is 7. The van der Waals surface area contributed by atoms with E-state index in [1.807, 2.05) is 30.4 Å². The Bertz CT molecular complexity index is 1410. The number of halogens is 2. The van der Waals surface area contributed by atoms with Gasteiger partial charge in [-0.05, 0) is 60.4 Å². The number of nitrogens with one attached hydrogen (secondary N) is 1. The van der Waals surface area contributed by atoms with Gasteiger partial charge in [-0.1, -0.05) is 54.4 Å². The van der Waals surface area contributed by atoms with E-state index in [2.05, 4.69) is 38.2 Å². The summed E-state index contributed by atoms with van der Waals surface area (Å²) in [6.45, 7) is 2.76. The first-order valence-electron chi connectivity index (χ1n) is 12.7. The Labute approximate surface area is 243 Å². The normalized spacial score (nSPS) is 15.7. The number of aromatic nitrogens is 3. The molecule has 1 N–H and O–H groups in total. The molecule has 206 valence electrons. The summed E-state index contributed by atoms with van der Waals surface area (Å²) < 4.78 is 4.90. The number of esters is 1. The molecule has 0 spiro atoms. The third-order valence-corrected chi connectivity index (χ3v) is 7.02. The lowest BCUT2D eigenvalue weighted by molar-refractivity contribution is -0.142. The monoisotopic (exact) mass is 577 g/mol. The van der Waals surface area contributed by atoms with Crippen LogP contribution in [0, 0.1) is 5.92 Å². The highest BCUT2D eigenvalue weighted by molar-refractivity contribution is 6.39. The average molecular weight is 579 g/mol. The summed E-state index contributed by atoms with van der Waals surface area (Å²) in [7, 11) is 1.28. The first kappa shape index (κ1) is 29.0. The molecular weight excluding hydrogens is 549 g/mol. The number of pyridine rings is 1. The van der Waals surface area contributed by atoms with Crippen LogP contribution in [0.5, 0.6) is 0 Å². The number of ether oxygens (including phenoxy) is 1. The maximum atomic E-state index is 12.8. The smallest absolute Gasteiger partial charge is 0.328 e. The lowest BCUT2D eigenvalue weighted by Gasteiger charge is -2.31. The Balaban J connectivity index is 1.49. The highest BCUT2D eigenvalue weighted by Gasteiger charge is 2.25. The predicted octanol–water partition coefficient (Wildman–Crippen LogP) is 5.95. The number of methoxy groups -OCH3 is 1. The summed E-state index contributed by atoms with van der Waals surface area (Å²) in [6, 6.07) is 9.62. The van der Waals surface area contributed by atoms with Crippen LogP contribution < -0.4 is 10.2 Å². The van der Waals surface area contributed by atoms with E-state index in [-0.39, 0.29) is 27.9 Å². The molecule has 4 rings (SSSR count). The van der Waals surface area contributed by atoms with Gasteiger partial charge in [-0.15, -0.1) is 0 Å². The summed E-state index contributed by atoms with van der Waals surface area (Å²) in [5.41, 5.74) is 3.39. The van der Waals surface area contributed by atoms with Crippen molar-refractivity contribution < 1.29 is 14.3 Å². The fourth-order valence-electron chi connectivity index (χ4n) is 4.40. The van der Waals surface area contributed by atoms with E-state index in [9.17, 15) is 9.59 Å². The molecule has 0 fully saturated rings. The summed E-state index contributed by atoms with van der Waals surface area (Å²) in [5, 5.41) is 3.09. The van der Waals surface area contributed by atoms with E-state index >= 15 is 0 Å². The number of nitrogens with zero attached hydrogens (tertiary/aromatic N) is 4. The van der Waals surface area contributed by atoms with Crippen molar-refractivity contribution in [3.05, 3.63) is 118 Å². The van der Waals surface area contributed by atoms with E-state index < -0.39 is 17.9 Å². The van der Waals surface area contributed by atoms with Gasteiger partial charge in [-0.3, -0.25) is 9.78 Å². The largest absolute Gasteiger partial charge is 0.467 e. The Hall–Kier alpha value is -4.01. The molecule has 10 heteroatoms. The van der Waals surface area contributed by atoms with Crippen LogP contribution >= 0.6 is 23.2 Å². The van der Waals surface area contributed by atoms with Crippen molar-refractivity contribution in [2.24, 2.45) is 5.92 Å². The lowest BCUT2D eigenvalue weighted by Crippen LogP contribution is -2.41. The zero-order valence-electron chi connectivity index (χ0n) is 22.1. The maximum Gasteiger partial charge on any atom is 0.328 e. The second-order valence-corrected chi connectivity index (χ2v) is 10.0. The van der Waals surface area contributed by atoms with Crippen molar-refractivity contribution in [2.45, 2.75) is 32.4 Å². The van der Waals surface area contributed by atoms with Crippen LogP contribution in [-0.2, 0) is 16.1 Å². The molecule has 0 saturated carbocycles. The number of carbonyl (C=O) groups excluding carboxylic acids is 2. The van der Waals surface area contributed by atoms with Crippen LogP contribution in [0.4, 0.5) is 5.95 Å². The standard InChI is InChI=1S/C30H29Cl2N5O3/c1-20-18-21(6-3-9-25(29(39)40-2)36-28(38)27-23(31)7-4-8-24(27)32)10-11-26(20)37(30-34-14-5-15-35-30)19-22-12-16-33-17-13-22/h3-8,10-17,20,25H,9,18-19H2,1-2H3,(H,36,38)/b6-3+. The van der Waals surface area contributed by atoms with E-state index in [4.69, 9.17) is 27.9 Å². The number of rotatable bonds is 10. The molecule has 0 aliphatic heterocycles. The molecule has 1 aliphatic carbocycles. The van der Waals surface area contributed by atoms with Crippen molar-refractivity contribution in [3.8, 4) is 0 Å². The van der Waals surface area contributed by atoms with Crippen molar-refractivity contribution in [3.63, 3.8) is 0 Å². The number of carbonyl (C=O) groups is 2. The molecule has 0 saturated heterocycles. The zero-order valence-corrected chi connectivity index (χ0v) is 23.6. The summed E-state index contributed by atoms with van der Waals surface area (Å²) in [4.78, 5) is 40.4. The molecule has 40 heavy (non-hydrogen) atoms. The van der Waals surface area contributed by atoms with Gasteiger partial charge in [0.25, 0.3) is 5.91 Å². The minimum atomic E-state index is -0.903. The molecule has 2 heterocycles. The number of allylic oxidation sites excluding steroid dienone is 5. The van der Waals surface area contributed by atoms with Crippen LogP contribution in [0.2, 0.25) is 10.0 Å². The van der Waals surface area contributed by atoms with Crippen molar-refractivity contribution in [1.82, 2.24) is 20.3 Å². The van der Waals surface area contributed by atoms with Crippen molar-refractivity contribution in [2.75, 3.05) is 12.0 Å². The topological polar surface area (TPSA) is 97.3 Å². The van der Waals surface area contributed by atoms with Crippen molar-refractivity contribution >= 4 is 41.0 Å². The summed E-state index contributed by atoms with van der Waals surface area (Å²) in [6.07, 6.45) is 15.9. The van der Waals surface area contributed by atoms with E-state index in [0.717, 1.165) is 23.3 Å². The SMILES string of the molecule is COC(=O)C(C/C=C/C1=CC=C(N(Cc2ccncc2)c2ncccn2)C(C)C1)NC(=O)c1c(Cl)cccc1Cl. The molecule has 1 amide bonds. The highest BCUT2D eigenvalue weighted by Crippen LogP contribution is 2.31. The number of anilines is 1. The van der Waals surface area contributed by atoms with Gasteiger partial charge in [-0.2, -0.15) is 0 Å². The van der Waals surface area contributed by atoms with E-state index in [1.54, 1.807) is 49.1 Å². The molecule has 0 bridgehead atoms. The second kappa shape index (κ2) is 13.9. The van der Waals surface area contributed by atoms with E-state index in [1.165, 1.54) is 7.11 Å². The number of hydrogen-bond donors (Lipinski definition) is 1. The fraction of sp³-hybridized carbons (Fsp3) is 0.233. The van der Waals surface area contributed by atoms with Crippen molar-refractivity contribution in [1.29, 1.82) is 0 Å². The predicted molar refractivity (Wildman–Crippen MR) is 156 cm³/mol. The van der Waals surface area contributed by atoms with Gasteiger partial charge in [0.2, 0.25) is 5.95 Å². The Morgan fingerprint density at radius 1 is 1.07 bits per heavy atom. The average Bonchev–Trinajstić information content (AvgIpc) is 2.96. The number of benzene rings is 1. The zero-order chi connectivity index (χ0) is 28.5. The van der Waals surface area contributed by atoms with Gasteiger partial charge >= 0.3 is 5.97 Å². The Kier molecular flexibility index (Phi) is 10.0. The molecule has 2 aromatic heterocycles. The Morgan fingerprint density at radius 2 is 1.77 bits per heavy atom. The van der Waals surface area contributed by atoms with Gasteiger partial charge in [0.1, 0.15) is 6.04 Å². The maximum absolute atomic E-state index is 12.8. The number of amides is 1.